The monoisotopic (exact) mass is 434 g/mol. The van der Waals surface area contributed by atoms with Crippen LogP contribution in [0.3, 0.4) is 0 Å². The van der Waals surface area contributed by atoms with Crippen LogP contribution in [-0.2, 0) is 11.2 Å². The molecule has 0 aromatic heterocycles. The lowest BCUT2D eigenvalue weighted by Crippen LogP contribution is -2.25. The summed E-state index contributed by atoms with van der Waals surface area (Å²) in [4.78, 5) is 21.1. The van der Waals surface area contributed by atoms with Crippen molar-refractivity contribution >= 4 is 17.6 Å². The zero-order valence-corrected chi connectivity index (χ0v) is 15.0. The van der Waals surface area contributed by atoms with Gasteiger partial charge in [0, 0.05) is 17.3 Å². The molecular weight excluding hydrogens is 419 g/mol. The van der Waals surface area contributed by atoms with Crippen molar-refractivity contribution in [2.45, 2.75) is 18.9 Å². The lowest BCUT2D eigenvalue weighted by molar-refractivity contribution is -0.286. The zero-order valence-electron chi connectivity index (χ0n) is 15.0. The van der Waals surface area contributed by atoms with Crippen molar-refractivity contribution < 1.29 is 46.1 Å². The van der Waals surface area contributed by atoms with Gasteiger partial charge in [-0.05, 0) is 42.8 Å². The van der Waals surface area contributed by atoms with E-state index in [1.54, 1.807) is 12.1 Å². The highest BCUT2D eigenvalue weighted by Crippen LogP contribution is 2.42. The Labute approximate surface area is 166 Å². The van der Waals surface area contributed by atoms with Crippen molar-refractivity contribution in [1.29, 1.82) is 0 Å². The van der Waals surface area contributed by atoms with Crippen molar-refractivity contribution in [3.05, 3.63) is 53.6 Å². The number of rotatable bonds is 4. The number of hydrogen-bond donors (Lipinski definition) is 3. The highest BCUT2D eigenvalue weighted by atomic mass is 19.4. The molecule has 7 nitrogen and oxygen atoms in total. The van der Waals surface area contributed by atoms with Gasteiger partial charge in [-0.25, -0.2) is 4.79 Å². The van der Waals surface area contributed by atoms with E-state index in [0.29, 0.717) is 17.8 Å². The first kappa shape index (κ1) is 22.9. The van der Waals surface area contributed by atoms with E-state index >= 15 is 0 Å². The number of aliphatic carboxylic acids is 1. The minimum Gasteiger partial charge on any atom is -0.475 e. The number of nitrogens with two attached hydrogens (primary N) is 1. The molecule has 30 heavy (non-hydrogen) atoms. The van der Waals surface area contributed by atoms with Gasteiger partial charge in [0.05, 0.1) is 0 Å². The Morgan fingerprint density at radius 2 is 1.60 bits per heavy atom. The Hall–Kier alpha value is -3.41. The summed E-state index contributed by atoms with van der Waals surface area (Å²) in [6.07, 6.45) is -8.03. The summed E-state index contributed by atoms with van der Waals surface area (Å²) in [6.45, 7) is 0.535. The van der Waals surface area contributed by atoms with Gasteiger partial charge in [-0.3, -0.25) is 4.79 Å². The van der Waals surface area contributed by atoms with Gasteiger partial charge in [-0.2, -0.15) is 13.2 Å². The Morgan fingerprint density at radius 3 is 2.13 bits per heavy atom. The van der Waals surface area contributed by atoms with Crippen molar-refractivity contribution in [1.82, 2.24) is 0 Å². The molecule has 162 valence electrons. The molecule has 0 radical (unpaired) electrons. The van der Waals surface area contributed by atoms with E-state index in [9.17, 15) is 26.7 Å². The molecule has 3 rings (SSSR count). The van der Waals surface area contributed by atoms with E-state index < -0.39 is 18.4 Å². The predicted octanol–water partition coefficient (Wildman–Crippen LogP) is 3.39. The van der Waals surface area contributed by atoms with Gasteiger partial charge in [0.15, 0.2) is 11.5 Å². The van der Waals surface area contributed by atoms with Crippen LogP contribution in [0, 0.1) is 0 Å². The van der Waals surface area contributed by atoms with Gasteiger partial charge in [0.25, 0.3) is 5.91 Å². The van der Waals surface area contributed by atoms with Gasteiger partial charge in [0.1, 0.15) is 0 Å². The quantitative estimate of drug-likeness (QED) is 0.637. The van der Waals surface area contributed by atoms with Crippen LogP contribution in [0.25, 0.3) is 0 Å². The number of carboxylic acids is 1. The Balaban J connectivity index is 0.000000396. The van der Waals surface area contributed by atoms with Crippen LogP contribution in [-0.4, -0.2) is 36.0 Å². The second-order valence-electron chi connectivity index (χ2n) is 5.82. The Bertz CT molecular complexity index is 916. The molecule has 2 aromatic carbocycles. The summed E-state index contributed by atoms with van der Waals surface area (Å²) in [5.41, 5.74) is 7.29. The third kappa shape index (κ3) is 6.30. The first-order valence-electron chi connectivity index (χ1n) is 8.21. The Morgan fingerprint density at radius 1 is 1.03 bits per heavy atom. The molecule has 2 aromatic rings. The number of fused-ring (bicyclic) bond motifs is 1. The lowest BCUT2D eigenvalue weighted by atomic mass is 10.1. The van der Waals surface area contributed by atoms with E-state index in [0.717, 1.165) is 12.0 Å². The third-order valence-corrected chi connectivity index (χ3v) is 3.55. The average molecular weight is 434 g/mol. The maximum absolute atomic E-state index is 13.0. The summed E-state index contributed by atoms with van der Waals surface area (Å²) >= 11 is 0. The molecule has 0 bridgehead atoms. The maximum Gasteiger partial charge on any atom is 0.586 e. The van der Waals surface area contributed by atoms with E-state index in [2.05, 4.69) is 14.8 Å². The fourth-order valence-corrected chi connectivity index (χ4v) is 2.22. The van der Waals surface area contributed by atoms with E-state index in [1.165, 1.54) is 18.2 Å². The molecule has 1 aliphatic rings. The third-order valence-electron chi connectivity index (χ3n) is 3.55. The fraction of sp³-hybridized carbons (Fsp3) is 0.222. The number of amides is 1. The normalized spacial score (nSPS) is 13.8. The minimum atomic E-state index is -5.08. The molecule has 0 saturated heterocycles. The topological polar surface area (TPSA) is 111 Å². The number of halogens is 5. The number of anilines is 1. The highest BCUT2D eigenvalue weighted by molar-refractivity contribution is 6.04. The summed E-state index contributed by atoms with van der Waals surface area (Å²) in [7, 11) is 0. The molecule has 0 unspecified atom stereocenters. The van der Waals surface area contributed by atoms with Crippen LogP contribution < -0.4 is 20.5 Å². The van der Waals surface area contributed by atoms with Crippen molar-refractivity contribution in [3.63, 3.8) is 0 Å². The number of nitrogens with one attached hydrogen (secondary N) is 1. The smallest absolute Gasteiger partial charge is 0.475 e. The predicted molar refractivity (Wildman–Crippen MR) is 93.5 cm³/mol. The number of carboxylic acid groups (broad SMARTS) is 1. The summed E-state index contributed by atoms with van der Waals surface area (Å²) < 4.78 is 66.3. The molecule has 12 heteroatoms. The van der Waals surface area contributed by atoms with Crippen LogP contribution in [0.2, 0.25) is 0 Å². The number of ether oxygens (including phenoxy) is 2. The molecule has 1 amide bonds. The largest absolute Gasteiger partial charge is 0.586 e. The maximum atomic E-state index is 13.0. The zero-order chi connectivity index (χ0) is 22.5. The lowest BCUT2D eigenvalue weighted by Gasteiger charge is -2.07. The van der Waals surface area contributed by atoms with E-state index in [1.807, 2.05) is 12.1 Å². The molecule has 0 saturated carbocycles. The van der Waals surface area contributed by atoms with Crippen LogP contribution in [0.1, 0.15) is 15.9 Å². The fourth-order valence-electron chi connectivity index (χ4n) is 2.22. The first-order chi connectivity index (χ1) is 13.9. The van der Waals surface area contributed by atoms with Crippen LogP contribution in [0.4, 0.5) is 27.6 Å². The summed E-state index contributed by atoms with van der Waals surface area (Å²) in [5.74, 6) is -3.30. The number of benzene rings is 2. The van der Waals surface area contributed by atoms with Gasteiger partial charge in [-0.1, -0.05) is 12.1 Å². The first-order valence-corrected chi connectivity index (χ1v) is 8.21. The second-order valence-corrected chi connectivity index (χ2v) is 5.82. The molecule has 0 spiro atoms. The van der Waals surface area contributed by atoms with Crippen LogP contribution in [0.5, 0.6) is 11.5 Å². The Kier molecular flexibility index (Phi) is 6.82. The molecular formula is C18H15F5N2O5. The van der Waals surface area contributed by atoms with Gasteiger partial charge in [0.2, 0.25) is 0 Å². The van der Waals surface area contributed by atoms with E-state index in [-0.39, 0.29) is 17.4 Å². The summed E-state index contributed by atoms with van der Waals surface area (Å²) in [6, 6.07) is 11.1. The minimum absolute atomic E-state index is 0.0702. The number of carbonyl (C=O) groups excluding carboxylic acids is 1. The van der Waals surface area contributed by atoms with Crippen LogP contribution in [0.15, 0.2) is 42.5 Å². The summed E-state index contributed by atoms with van der Waals surface area (Å²) in [5, 5.41) is 9.75. The SMILES string of the molecule is NCCc1ccc(C(=O)Nc2ccc3c(c2)OC(F)(F)O3)cc1.O=C(O)C(F)(F)F. The van der Waals surface area contributed by atoms with Crippen molar-refractivity contribution in [3.8, 4) is 11.5 Å². The molecule has 0 atom stereocenters. The number of carbonyl (C=O) groups is 2. The standard InChI is InChI=1S/C16H14F2N2O3.C2HF3O2/c17-16(18)22-13-6-5-12(9-14(13)23-16)20-15(21)11-3-1-10(2-4-11)7-8-19;3-2(4,5)1(6)7/h1-6,9H,7-8,19H2,(H,20,21);(H,6,7). The van der Waals surface area contributed by atoms with Gasteiger partial charge < -0.3 is 25.6 Å². The molecule has 1 heterocycles. The van der Waals surface area contributed by atoms with E-state index in [4.69, 9.17) is 15.6 Å². The van der Waals surface area contributed by atoms with Crippen LogP contribution >= 0.6 is 0 Å². The molecule has 4 N–H and O–H groups in total. The molecule has 1 aliphatic heterocycles. The molecule has 0 fully saturated rings. The number of hydrogen-bond acceptors (Lipinski definition) is 5. The molecule has 0 aliphatic carbocycles. The second kappa shape index (κ2) is 8.95. The number of alkyl halides is 5. The highest BCUT2D eigenvalue weighted by Gasteiger charge is 2.43. The van der Waals surface area contributed by atoms with Crippen molar-refractivity contribution in [2.24, 2.45) is 5.73 Å². The van der Waals surface area contributed by atoms with Gasteiger partial charge >= 0.3 is 18.4 Å². The van der Waals surface area contributed by atoms with Crippen molar-refractivity contribution in [2.75, 3.05) is 11.9 Å². The average Bonchev–Trinajstić information content (AvgIpc) is 2.95. The van der Waals surface area contributed by atoms with Gasteiger partial charge in [-0.15, -0.1) is 8.78 Å².